The number of thiophene rings is 2. The second-order valence-electron chi connectivity index (χ2n) is 3.84. The van der Waals surface area contributed by atoms with Crippen LogP contribution in [0.25, 0.3) is 0 Å². The van der Waals surface area contributed by atoms with Gasteiger partial charge >= 0.3 is 0 Å². The maximum atomic E-state index is 11.8. The van der Waals surface area contributed by atoms with Crippen molar-refractivity contribution in [3.05, 3.63) is 43.2 Å². The van der Waals surface area contributed by atoms with Crippen molar-refractivity contribution >= 4 is 55.3 Å². The molecule has 2 aromatic heterocycles. The molecule has 0 spiro atoms. The minimum Gasteiger partial charge on any atom is -0.350 e. The van der Waals surface area contributed by atoms with E-state index in [-0.39, 0.29) is 11.7 Å². The van der Waals surface area contributed by atoms with E-state index in [2.05, 4.69) is 21.2 Å². The normalized spacial score (nSPS) is 12.3. The van der Waals surface area contributed by atoms with Crippen molar-refractivity contribution in [1.29, 1.82) is 0 Å². The Hall–Kier alpha value is -0.500. The van der Waals surface area contributed by atoms with Gasteiger partial charge in [-0.2, -0.15) is 0 Å². The highest BCUT2D eigenvalue weighted by atomic mass is 79.9. The van der Waals surface area contributed by atoms with E-state index in [4.69, 9.17) is 0 Å². The maximum Gasteiger partial charge on any atom is 0.232 e. The van der Waals surface area contributed by atoms with Gasteiger partial charge in [0.05, 0.1) is 10.3 Å². The van der Waals surface area contributed by atoms with E-state index in [1.165, 1.54) is 0 Å². The van der Waals surface area contributed by atoms with Crippen molar-refractivity contribution in [2.75, 3.05) is 5.75 Å². The first kappa shape index (κ1) is 14.9. The van der Waals surface area contributed by atoms with Crippen LogP contribution in [-0.4, -0.2) is 15.9 Å². The van der Waals surface area contributed by atoms with Crippen molar-refractivity contribution in [1.82, 2.24) is 5.32 Å². The van der Waals surface area contributed by atoms with Crippen molar-refractivity contribution in [2.24, 2.45) is 0 Å². The van der Waals surface area contributed by atoms with Crippen LogP contribution < -0.4 is 5.32 Å². The number of amides is 1. The molecule has 0 aliphatic heterocycles. The number of rotatable bonds is 6. The van der Waals surface area contributed by atoms with Crippen molar-refractivity contribution in [3.8, 4) is 0 Å². The highest BCUT2D eigenvalue weighted by molar-refractivity contribution is 9.11. The van der Waals surface area contributed by atoms with Gasteiger partial charge in [-0.1, -0.05) is 6.07 Å². The summed E-state index contributed by atoms with van der Waals surface area (Å²) in [5.41, 5.74) is 1.00. The molecule has 0 aromatic carbocycles. The second kappa shape index (κ2) is 7.33. The molecule has 0 saturated carbocycles. The summed E-state index contributed by atoms with van der Waals surface area (Å²) in [6, 6.07) is 5.84. The molecular formula is C12H12BrNO2S3. The Bertz CT molecular complexity index is 565. The standard InChI is InChI=1S/C12H12BrNO2S3/c13-11-4-9(6-18-11)7-19(16)8-12(15)14-5-10-2-1-3-17-10/h1-4,6H,5,7-8H2,(H,14,15). The van der Waals surface area contributed by atoms with Gasteiger partial charge in [0.15, 0.2) is 0 Å². The fourth-order valence-electron chi connectivity index (χ4n) is 1.45. The van der Waals surface area contributed by atoms with Gasteiger partial charge in [-0.15, -0.1) is 22.7 Å². The Kier molecular flexibility index (Phi) is 5.75. The van der Waals surface area contributed by atoms with Crippen LogP contribution in [0.15, 0.2) is 32.7 Å². The molecule has 0 radical (unpaired) electrons. The van der Waals surface area contributed by atoms with Crippen LogP contribution in [-0.2, 0) is 27.9 Å². The van der Waals surface area contributed by atoms with Crippen LogP contribution in [0.3, 0.4) is 0 Å². The van der Waals surface area contributed by atoms with Gasteiger partial charge in [-0.05, 0) is 44.4 Å². The van der Waals surface area contributed by atoms with Crippen molar-refractivity contribution in [2.45, 2.75) is 12.3 Å². The lowest BCUT2D eigenvalue weighted by molar-refractivity contribution is -0.118. The van der Waals surface area contributed by atoms with E-state index in [0.29, 0.717) is 12.3 Å². The second-order valence-corrected chi connectivity index (χ2v) is 8.62. The summed E-state index contributed by atoms with van der Waals surface area (Å²) in [5, 5.41) is 6.70. The van der Waals surface area contributed by atoms with Crippen molar-refractivity contribution in [3.63, 3.8) is 0 Å². The summed E-state index contributed by atoms with van der Waals surface area (Å²) in [6.07, 6.45) is 0. The first-order chi connectivity index (χ1) is 9.13. The molecule has 0 saturated heterocycles. The minimum atomic E-state index is -1.16. The van der Waals surface area contributed by atoms with Gasteiger partial charge in [-0.25, -0.2) is 0 Å². The lowest BCUT2D eigenvalue weighted by atomic mass is 10.4. The van der Waals surface area contributed by atoms with E-state index in [1.54, 1.807) is 22.7 Å². The highest BCUT2D eigenvalue weighted by Crippen LogP contribution is 2.21. The van der Waals surface area contributed by atoms with Crippen LogP contribution in [0.1, 0.15) is 10.4 Å². The summed E-state index contributed by atoms with van der Waals surface area (Å²) in [7, 11) is -1.16. The zero-order valence-corrected chi connectivity index (χ0v) is 14.0. The third-order valence-corrected chi connectivity index (χ3v) is 5.95. The Balaban J connectivity index is 1.74. The van der Waals surface area contributed by atoms with Gasteiger partial charge in [0.25, 0.3) is 0 Å². The Morgan fingerprint density at radius 3 is 2.89 bits per heavy atom. The first-order valence-electron chi connectivity index (χ1n) is 5.50. The number of halogens is 1. The van der Waals surface area contributed by atoms with E-state index in [1.807, 2.05) is 29.0 Å². The number of carbonyl (C=O) groups excluding carboxylic acids is 1. The van der Waals surface area contributed by atoms with E-state index < -0.39 is 10.8 Å². The quantitative estimate of drug-likeness (QED) is 0.840. The molecule has 2 heterocycles. The average Bonchev–Trinajstić information content (AvgIpc) is 2.98. The topological polar surface area (TPSA) is 46.2 Å². The van der Waals surface area contributed by atoms with Crippen LogP contribution in [0.2, 0.25) is 0 Å². The molecule has 7 heteroatoms. The van der Waals surface area contributed by atoms with E-state index in [9.17, 15) is 9.00 Å². The molecule has 0 aliphatic carbocycles. The molecule has 1 unspecified atom stereocenters. The molecule has 1 amide bonds. The SMILES string of the molecule is O=C(CS(=O)Cc1csc(Br)c1)NCc1cccs1. The van der Waals surface area contributed by atoms with Crippen LogP contribution in [0, 0.1) is 0 Å². The molecular weight excluding hydrogens is 366 g/mol. The molecule has 1 atom stereocenters. The largest absolute Gasteiger partial charge is 0.350 e. The number of hydrogen-bond acceptors (Lipinski definition) is 4. The molecule has 2 rings (SSSR count). The third kappa shape index (κ3) is 5.18. The Morgan fingerprint density at radius 1 is 1.42 bits per heavy atom. The monoisotopic (exact) mass is 377 g/mol. The predicted molar refractivity (Wildman–Crippen MR) is 84.9 cm³/mol. The number of carbonyl (C=O) groups is 1. The predicted octanol–water partition coefficient (Wildman–Crippen LogP) is 3.14. The summed E-state index contributed by atoms with van der Waals surface area (Å²) in [4.78, 5) is 12.7. The summed E-state index contributed by atoms with van der Waals surface area (Å²) in [5.74, 6) is 0.314. The molecule has 0 bridgehead atoms. The van der Waals surface area contributed by atoms with E-state index in [0.717, 1.165) is 14.2 Å². The summed E-state index contributed by atoms with van der Waals surface area (Å²) < 4.78 is 12.9. The van der Waals surface area contributed by atoms with E-state index >= 15 is 0 Å². The summed E-state index contributed by atoms with van der Waals surface area (Å²) >= 11 is 6.51. The molecule has 0 fully saturated rings. The molecule has 1 N–H and O–H groups in total. The Morgan fingerprint density at radius 2 is 2.26 bits per heavy atom. The van der Waals surface area contributed by atoms with Crippen LogP contribution in [0.4, 0.5) is 0 Å². The van der Waals surface area contributed by atoms with Gasteiger partial charge in [0.1, 0.15) is 5.75 Å². The van der Waals surface area contributed by atoms with Gasteiger partial charge in [-0.3, -0.25) is 9.00 Å². The zero-order chi connectivity index (χ0) is 13.7. The zero-order valence-electron chi connectivity index (χ0n) is 9.93. The smallest absolute Gasteiger partial charge is 0.232 e. The summed E-state index contributed by atoms with van der Waals surface area (Å²) in [6.45, 7) is 0.512. The molecule has 102 valence electrons. The lowest BCUT2D eigenvalue weighted by Crippen LogP contribution is -2.27. The molecule has 19 heavy (non-hydrogen) atoms. The first-order valence-corrected chi connectivity index (χ1v) is 9.54. The minimum absolute atomic E-state index is 0.0544. The highest BCUT2D eigenvalue weighted by Gasteiger charge is 2.09. The van der Waals surface area contributed by atoms with Crippen LogP contribution in [0.5, 0.6) is 0 Å². The number of nitrogens with one attached hydrogen (secondary N) is 1. The lowest BCUT2D eigenvalue weighted by Gasteiger charge is -2.03. The molecule has 0 aliphatic rings. The number of hydrogen-bond donors (Lipinski definition) is 1. The molecule has 2 aromatic rings. The fraction of sp³-hybridized carbons (Fsp3) is 0.250. The fourth-order valence-corrected chi connectivity index (χ4v) is 4.45. The maximum absolute atomic E-state index is 11.8. The Labute approximate surface area is 130 Å². The van der Waals surface area contributed by atoms with Gasteiger partial charge in [0.2, 0.25) is 5.91 Å². The van der Waals surface area contributed by atoms with Gasteiger partial charge < -0.3 is 5.32 Å². The average molecular weight is 378 g/mol. The van der Waals surface area contributed by atoms with Gasteiger partial charge in [0, 0.05) is 21.4 Å². The third-order valence-electron chi connectivity index (χ3n) is 2.28. The van der Waals surface area contributed by atoms with Crippen LogP contribution >= 0.6 is 38.6 Å². The molecule has 3 nitrogen and oxygen atoms in total. The van der Waals surface area contributed by atoms with Crippen molar-refractivity contribution < 1.29 is 9.00 Å².